The van der Waals surface area contributed by atoms with Gasteiger partial charge in [-0.05, 0) is 32.1 Å². The first-order chi connectivity index (χ1) is 9.04. The molecule has 19 heavy (non-hydrogen) atoms. The molecule has 6 nitrogen and oxygen atoms in total. The highest BCUT2D eigenvalue weighted by Crippen LogP contribution is 2.24. The minimum absolute atomic E-state index is 0.0594. The molecular weight excluding hydrogens is 248 g/mol. The minimum atomic E-state index is -0.775. The number of carboxylic acid groups (broad SMARTS) is 1. The Morgan fingerprint density at radius 1 is 1.47 bits per heavy atom. The molecule has 0 saturated heterocycles. The number of nitrogens with two attached hydrogens (primary N) is 1. The van der Waals surface area contributed by atoms with Gasteiger partial charge >= 0.3 is 5.97 Å². The molecule has 0 aliphatic heterocycles. The van der Waals surface area contributed by atoms with E-state index >= 15 is 0 Å². The lowest BCUT2D eigenvalue weighted by molar-refractivity contribution is -0.143. The maximum absolute atomic E-state index is 11.9. The molecule has 1 aliphatic rings. The molecule has 1 amide bonds. The highest BCUT2D eigenvalue weighted by atomic mass is 16.5. The van der Waals surface area contributed by atoms with Crippen LogP contribution >= 0.6 is 0 Å². The molecule has 4 N–H and O–H groups in total. The summed E-state index contributed by atoms with van der Waals surface area (Å²) >= 11 is 0. The number of carbonyl (C=O) groups is 2. The van der Waals surface area contributed by atoms with Gasteiger partial charge in [0, 0.05) is 19.8 Å². The highest BCUT2D eigenvalue weighted by Gasteiger charge is 2.28. The summed E-state index contributed by atoms with van der Waals surface area (Å²) < 4.78 is 4.91. The van der Waals surface area contributed by atoms with Gasteiger partial charge in [-0.1, -0.05) is 6.42 Å². The second kappa shape index (κ2) is 8.12. The zero-order valence-corrected chi connectivity index (χ0v) is 11.4. The van der Waals surface area contributed by atoms with E-state index in [-0.39, 0.29) is 17.9 Å². The van der Waals surface area contributed by atoms with Gasteiger partial charge in [0.05, 0.1) is 12.0 Å². The molecule has 110 valence electrons. The quantitative estimate of drug-likeness (QED) is 0.586. The molecule has 0 bridgehead atoms. The summed E-state index contributed by atoms with van der Waals surface area (Å²) in [6.07, 6.45) is 4.19. The molecule has 0 heterocycles. The molecule has 0 aromatic heterocycles. The van der Waals surface area contributed by atoms with E-state index in [2.05, 4.69) is 5.32 Å². The minimum Gasteiger partial charge on any atom is -0.481 e. The van der Waals surface area contributed by atoms with E-state index in [0.717, 1.165) is 19.3 Å². The number of ether oxygens (including phenoxy) is 1. The molecule has 1 aliphatic carbocycles. The van der Waals surface area contributed by atoms with Crippen molar-refractivity contribution in [2.24, 2.45) is 11.7 Å². The first-order valence-electron chi connectivity index (χ1n) is 6.82. The Kier molecular flexibility index (Phi) is 6.80. The molecule has 0 aromatic rings. The van der Waals surface area contributed by atoms with Crippen LogP contribution in [0.5, 0.6) is 0 Å². The summed E-state index contributed by atoms with van der Waals surface area (Å²) in [5.74, 6) is -1.31. The first kappa shape index (κ1) is 15.9. The van der Waals surface area contributed by atoms with Crippen molar-refractivity contribution in [3.05, 3.63) is 0 Å². The lowest BCUT2D eigenvalue weighted by atomic mass is 9.85. The van der Waals surface area contributed by atoms with Gasteiger partial charge in [0.25, 0.3) is 0 Å². The molecular formula is C13H24N2O4. The number of carboxylic acids is 1. The molecule has 3 unspecified atom stereocenters. The van der Waals surface area contributed by atoms with Gasteiger partial charge in [-0.3, -0.25) is 9.59 Å². The number of amides is 1. The van der Waals surface area contributed by atoms with Crippen LogP contribution in [0.3, 0.4) is 0 Å². The predicted molar refractivity (Wildman–Crippen MR) is 70.6 cm³/mol. The van der Waals surface area contributed by atoms with Gasteiger partial charge in [-0.2, -0.15) is 0 Å². The lowest BCUT2D eigenvalue weighted by Gasteiger charge is -2.28. The third-order valence-electron chi connectivity index (χ3n) is 3.57. The van der Waals surface area contributed by atoms with Crippen molar-refractivity contribution in [2.45, 2.75) is 50.6 Å². The summed E-state index contributed by atoms with van der Waals surface area (Å²) in [5, 5.41) is 11.9. The standard InChI is InChI=1S/C13H24N2O4/c1-19-7-3-6-11(14)12(16)15-10-5-2-4-9(8-10)13(17)18/h9-11H,2-8,14H2,1H3,(H,15,16)(H,17,18). The van der Waals surface area contributed by atoms with Crippen molar-refractivity contribution >= 4 is 11.9 Å². The summed E-state index contributed by atoms with van der Waals surface area (Å²) in [6, 6.07) is -0.601. The fourth-order valence-electron chi connectivity index (χ4n) is 2.43. The summed E-state index contributed by atoms with van der Waals surface area (Å²) in [6.45, 7) is 0.589. The van der Waals surface area contributed by atoms with E-state index in [1.54, 1.807) is 7.11 Å². The Bertz CT molecular complexity index is 309. The number of methoxy groups -OCH3 is 1. The molecule has 0 spiro atoms. The number of carbonyl (C=O) groups excluding carboxylic acids is 1. The monoisotopic (exact) mass is 272 g/mol. The third-order valence-corrected chi connectivity index (χ3v) is 3.57. The van der Waals surface area contributed by atoms with Gasteiger partial charge in [-0.25, -0.2) is 0 Å². The summed E-state index contributed by atoms with van der Waals surface area (Å²) in [4.78, 5) is 22.8. The Labute approximate surface area is 113 Å². The van der Waals surface area contributed by atoms with Gasteiger partial charge in [0.15, 0.2) is 0 Å². The normalized spacial score (nSPS) is 24.7. The van der Waals surface area contributed by atoms with Crippen LogP contribution in [0.2, 0.25) is 0 Å². The molecule has 3 atom stereocenters. The van der Waals surface area contributed by atoms with Crippen LogP contribution < -0.4 is 11.1 Å². The number of aliphatic carboxylic acids is 1. The maximum Gasteiger partial charge on any atom is 0.306 e. The fraction of sp³-hybridized carbons (Fsp3) is 0.846. The Morgan fingerprint density at radius 3 is 2.84 bits per heavy atom. The Hall–Kier alpha value is -1.14. The third kappa shape index (κ3) is 5.57. The van der Waals surface area contributed by atoms with Gasteiger partial charge < -0.3 is 20.9 Å². The molecule has 0 radical (unpaired) electrons. The van der Waals surface area contributed by atoms with Crippen LogP contribution in [-0.4, -0.2) is 42.8 Å². The molecule has 1 fully saturated rings. The SMILES string of the molecule is COCCCC(N)C(=O)NC1CCCC(C(=O)O)C1. The van der Waals surface area contributed by atoms with E-state index < -0.39 is 12.0 Å². The van der Waals surface area contributed by atoms with Crippen LogP contribution in [-0.2, 0) is 14.3 Å². The van der Waals surface area contributed by atoms with Crippen molar-refractivity contribution in [2.75, 3.05) is 13.7 Å². The topological polar surface area (TPSA) is 102 Å². The smallest absolute Gasteiger partial charge is 0.306 e. The average molecular weight is 272 g/mol. The molecule has 1 rings (SSSR count). The summed E-state index contributed by atoms with van der Waals surface area (Å²) in [5.41, 5.74) is 5.79. The highest BCUT2D eigenvalue weighted by molar-refractivity contribution is 5.81. The van der Waals surface area contributed by atoms with Gasteiger partial charge in [0.2, 0.25) is 5.91 Å². The zero-order chi connectivity index (χ0) is 14.3. The van der Waals surface area contributed by atoms with Gasteiger partial charge in [-0.15, -0.1) is 0 Å². The van der Waals surface area contributed by atoms with Crippen molar-refractivity contribution in [1.29, 1.82) is 0 Å². The second-order valence-corrected chi connectivity index (χ2v) is 5.15. The lowest BCUT2D eigenvalue weighted by Crippen LogP contribution is -2.47. The number of rotatable bonds is 7. The van der Waals surface area contributed by atoms with Crippen molar-refractivity contribution in [3.63, 3.8) is 0 Å². The van der Waals surface area contributed by atoms with Gasteiger partial charge in [0.1, 0.15) is 0 Å². The predicted octanol–water partition coefficient (Wildman–Crippen LogP) is 0.500. The fourth-order valence-corrected chi connectivity index (χ4v) is 2.43. The number of hydrogen-bond acceptors (Lipinski definition) is 4. The van der Waals surface area contributed by atoms with E-state index in [9.17, 15) is 9.59 Å². The number of nitrogens with one attached hydrogen (secondary N) is 1. The van der Waals surface area contributed by atoms with Crippen LogP contribution in [0.15, 0.2) is 0 Å². The number of hydrogen-bond donors (Lipinski definition) is 3. The second-order valence-electron chi connectivity index (χ2n) is 5.15. The average Bonchev–Trinajstić information content (AvgIpc) is 2.39. The van der Waals surface area contributed by atoms with Crippen molar-refractivity contribution in [1.82, 2.24) is 5.32 Å². The van der Waals surface area contributed by atoms with Crippen LogP contribution in [0.1, 0.15) is 38.5 Å². The van der Waals surface area contributed by atoms with E-state index in [4.69, 9.17) is 15.6 Å². The van der Waals surface area contributed by atoms with Crippen LogP contribution in [0.25, 0.3) is 0 Å². The van der Waals surface area contributed by atoms with Crippen LogP contribution in [0, 0.1) is 5.92 Å². The van der Waals surface area contributed by atoms with E-state index in [0.29, 0.717) is 25.9 Å². The van der Waals surface area contributed by atoms with Crippen molar-refractivity contribution in [3.8, 4) is 0 Å². The summed E-state index contributed by atoms with van der Waals surface area (Å²) in [7, 11) is 1.61. The molecule has 1 saturated carbocycles. The van der Waals surface area contributed by atoms with Crippen LogP contribution in [0.4, 0.5) is 0 Å². The Balaban J connectivity index is 2.32. The zero-order valence-electron chi connectivity index (χ0n) is 11.4. The van der Waals surface area contributed by atoms with E-state index in [1.165, 1.54) is 0 Å². The molecule has 6 heteroatoms. The largest absolute Gasteiger partial charge is 0.481 e. The maximum atomic E-state index is 11.9. The van der Waals surface area contributed by atoms with Crippen molar-refractivity contribution < 1.29 is 19.4 Å². The van der Waals surface area contributed by atoms with E-state index in [1.807, 2.05) is 0 Å². The molecule has 0 aromatic carbocycles. The Morgan fingerprint density at radius 2 is 2.21 bits per heavy atom. The first-order valence-corrected chi connectivity index (χ1v) is 6.82.